The van der Waals surface area contributed by atoms with Crippen LogP contribution >= 0.6 is 0 Å². The molecule has 0 bridgehead atoms. The van der Waals surface area contributed by atoms with Crippen molar-refractivity contribution in [2.75, 3.05) is 24.1 Å². The fraction of sp³-hybridized carbons (Fsp3) is 0.231. The van der Waals surface area contributed by atoms with Gasteiger partial charge in [0.05, 0.1) is 29.5 Å². The Hall–Kier alpha value is -3.85. The van der Waals surface area contributed by atoms with Crippen molar-refractivity contribution in [3.05, 3.63) is 84.4 Å². The molecule has 0 radical (unpaired) electrons. The molecule has 1 N–H and O–H groups in total. The number of hydrogen-bond acceptors (Lipinski definition) is 6. The number of sulfonamides is 1. The van der Waals surface area contributed by atoms with Crippen molar-refractivity contribution in [3.63, 3.8) is 0 Å². The first-order valence-electron chi connectivity index (χ1n) is 11.2. The summed E-state index contributed by atoms with van der Waals surface area (Å²) in [6.45, 7) is 6.12. The molecule has 0 fully saturated rings. The van der Waals surface area contributed by atoms with Crippen LogP contribution in [0, 0.1) is 0 Å². The summed E-state index contributed by atoms with van der Waals surface area (Å²) in [6.07, 6.45) is 0. The van der Waals surface area contributed by atoms with Crippen LogP contribution in [0.25, 0.3) is 0 Å². The number of benzene rings is 3. The van der Waals surface area contributed by atoms with Gasteiger partial charge in [0, 0.05) is 0 Å². The third-order valence-corrected chi connectivity index (χ3v) is 6.77. The average Bonchev–Trinajstić information content (AvgIpc) is 2.88. The smallest absolute Gasteiger partial charge is 0.264 e. The van der Waals surface area contributed by atoms with Gasteiger partial charge in [-0.2, -0.15) is 5.10 Å². The predicted octanol–water partition coefficient (Wildman–Crippen LogP) is 4.22. The van der Waals surface area contributed by atoms with Gasteiger partial charge >= 0.3 is 0 Å². The monoisotopic (exact) mass is 495 g/mol. The van der Waals surface area contributed by atoms with Crippen molar-refractivity contribution in [1.29, 1.82) is 0 Å². The fourth-order valence-electron chi connectivity index (χ4n) is 3.25. The second-order valence-corrected chi connectivity index (χ2v) is 9.30. The molecule has 0 saturated carbocycles. The van der Waals surface area contributed by atoms with Crippen molar-refractivity contribution in [3.8, 4) is 11.5 Å². The second kappa shape index (κ2) is 12.0. The lowest BCUT2D eigenvalue weighted by atomic mass is 10.1. The first-order chi connectivity index (χ1) is 16.8. The van der Waals surface area contributed by atoms with Gasteiger partial charge in [-0.3, -0.25) is 9.10 Å². The molecular formula is C26H29N3O5S. The van der Waals surface area contributed by atoms with Crippen LogP contribution in [0.1, 0.15) is 26.3 Å². The van der Waals surface area contributed by atoms with Crippen LogP contribution in [-0.2, 0) is 14.8 Å². The Morgan fingerprint density at radius 3 is 1.94 bits per heavy atom. The lowest BCUT2D eigenvalue weighted by Crippen LogP contribution is -2.39. The van der Waals surface area contributed by atoms with E-state index < -0.39 is 22.5 Å². The molecule has 0 unspecified atom stereocenters. The van der Waals surface area contributed by atoms with Gasteiger partial charge in [-0.05, 0) is 87.0 Å². The second-order valence-electron chi connectivity index (χ2n) is 7.44. The molecule has 0 aliphatic carbocycles. The van der Waals surface area contributed by atoms with Crippen molar-refractivity contribution in [2.24, 2.45) is 5.10 Å². The molecule has 0 atom stereocenters. The molecule has 3 aromatic rings. The van der Waals surface area contributed by atoms with E-state index >= 15 is 0 Å². The first kappa shape index (κ1) is 25.8. The van der Waals surface area contributed by atoms with Gasteiger partial charge in [-0.1, -0.05) is 18.2 Å². The summed E-state index contributed by atoms with van der Waals surface area (Å²) in [4.78, 5) is 12.9. The maximum absolute atomic E-state index is 13.4. The molecule has 35 heavy (non-hydrogen) atoms. The van der Waals surface area contributed by atoms with Crippen molar-refractivity contribution < 1.29 is 22.7 Å². The Morgan fingerprint density at radius 1 is 0.857 bits per heavy atom. The molecule has 0 aliphatic heterocycles. The van der Waals surface area contributed by atoms with E-state index in [9.17, 15) is 13.2 Å². The minimum absolute atomic E-state index is 0.0794. The van der Waals surface area contributed by atoms with Crippen LogP contribution in [0.5, 0.6) is 11.5 Å². The molecule has 9 heteroatoms. The van der Waals surface area contributed by atoms with E-state index in [1.54, 1.807) is 49.4 Å². The van der Waals surface area contributed by atoms with Crippen LogP contribution in [0.3, 0.4) is 0 Å². The van der Waals surface area contributed by atoms with Crippen LogP contribution < -0.4 is 19.2 Å². The van der Waals surface area contributed by atoms with E-state index in [1.165, 1.54) is 12.1 Å². The zero-order valence-corrected chi connectivity index (χ0v) is 20.8. The van der Waals surface area contributed by atoms with Gasteiger partial charge < -0.3 is 9.47 Å². The summed E-state index contributed by atoms with van der Waals surface area (Å²) >= 11 is 0. The summed E-state index contributed by atoms with van der Waals surface area (Å²) in [5, 5.41) is 4.14. The Morgan fingerprint density at radius 2 is 1.40 bits per heavy atom. The third-order valence-electron chi connectivity index (χ3n) is 4.99. The highest BCUT2D eigenvalue weighted by molar-refractivity contribution is 7.92. The van der Waals surface area contributed by atoms with Crippen LogP contribution in [-0.4, -0.2) is 39.8 Å². The maximum Gasteiger partial charge on any atom is 0.264 e. The number of nitrogens with one attached hydrogen (secondary N) is 1. The minimum atomic E-state index is -4.01. The molecule has 3 rings (SSSR count). The molecule has 184 valence electrons. The molecule has 8 nitrogen and oxygen atoms in total. The Kier molecular flexibility index (Phi) is 8.86. The Labute approximate surface area is 206 Å². The van der Waals surface area contributed by atoms with Gasteiger partial charge in [-0.25, -0.2) is 13.8 Å². The van der Waals surface area contributed by atoms with Crippen LogP contribution in [0.4, 0.5) is 5.69 Å². The summed E-state index contributed by atoms with van der Waals surface area (Å²) in [5.74, 6) is 0.766. The lowest BCUT2D eigenvalue weighted by Gasteiger charge is -2.24. The van der Waals surface area contributed by atoms with Gasteiger partial charge in [-0.15, -0.1) is 0 Å². The minimum Gasteiger partial charge on any atom is -0.494 e. The number of carbonyl (C=O) groups is 1. The van der Waals surface area contributed by atoms with Crippen molar-refractivity contribution in [1.82, 2.24) is 5.43 Å². The molecule has 0 spiro atoms. The van der Waals surface area contributed by atoms with Crippen LogP contribution in [0.2, 0.25) is 0 Å². The van der Waals surface area contributed by atoms with Gasteiger partial charge in [0.25, 0.3) is 15.9 Å². The summed E-state index contributed by atoms with van der Waals surface area (Å²) in [6, 6.07) is 21.8. The summed E-state index contributed by atoms with van der Waals surface area (Å²) in [5.41, 5.74) is 4.17. The Bertz CT molecular complexity index is 1240. The number of anilines is 1. The van der Waals surface area contributed by atoms with Gasteiger partial charge in [0.2, 0.25) is 0 Å². The lowest BCUT2D eigenvalue weighted by molar-refractivity contribution is -0.119. The van der Waals surface area contributed by atoms with E-state index in [2.05, 4.69) is 10.5 Å². The number of amides is 1. The summed E-state index contributed by atoms with van der Waals surface area (Å²) < 4.78 is 38.7. The third kappa shape index (κ3) is 6.83. The quantitative estimate of drug-likeness (QED) is 0.317. The Balaban J connectivity index is 1.81. The van der Waals surface area contributed by atoms with E-state index in [-0.39, 0.29) is 4.90 Å². The van der Waals surface area contributed by atoms with E-state index in [0.717, 1.165) is 15.6 Å². The van der Waals surface area contributed by atoms with Crippen molar-refractivity contribution >= 4 is 27.3 Å². The normalized spacial score (nSPS) is 11.6. The standard InChI is InChI=1S/C26H29N3O5S/c1-4-33-23-15-11-21(12-16-23)20(3)27-28-26(30)19-29(22-13-17-24(18-14-22)34-5-2)35(31,32)25-9-7-6-8-10-25/h6-18H,4-5,19H2,1-3H3,(H,28,30)/b27-20-. The zero-order chi connectivity index (χ0) is 25.3. The topological polar surface area (TPSA) is 97.3 Å². The highest BCUT2D eigenvalue weighted by atomic mass is 32.2. The van der Waals surface area contributed by atoms with Crippen molar-refractivity contribution in [2.45, 2.75) is 25.7 Å². The molecule has 0 aromatic heterocycles. The van der Waals surface area contributed by atoms with Crippen LogP contribution in [0.15, 0.2) is 88.9 Å². The molecule has 1 amide bonds. The zero-order valence-electron chi connectivity index (χ0n) is 20.0. The summed E-state index contributed by atoms with van der Waals surface area (Å²) in [7, 11) is -4.01. The van der Waals surface area contributed by atoms with Gasteiger partial charge in [0.1, 0.15) is 18.0 Å². The number of hydrogen-bond donors (Lipinski definition) is 1. The molecular weight excluding hydrogens is 466 g/mol. The predicted molar refractivity (Wildman–Crippen MR) is 137 cm³/mol. The SMILES string of the molecule is CCOc1ccc(/C(C)=N\NC(=O)CN(c2ccc(OCC)cc2)S(=O)(=O)c2ccccc2)cc1. The highest BCUT2D eigenvalue weighted by Gasteiger charge is 2.27. The fourth-order valence-corrected chi connectivity index (χ4v) is 4.69. The first-order valence-corrected chi connectivity index (χ1v) is 12.7. The largest absolute Gasteiger partial charge is 0.494 e. The number of nitrogens with zero attached hydrogens (tertiary/aromatic N) is 2. The number of rotatable bonds is 11. The van der Waals surface area contributed by atoms with Gasteiger partial charge in [0.15, 0.2) is 0 Å². The average molecular weight is 496 g/mol. The van der Waals surface area contributed by atoms with E-state index in [0.29, 0.717) is 30.4 Å². The number of hydrazone groups is 1. The molecule has 0 heterocycles. The number of carbonyl (C=O) groups excluding carboxylic acids is 1. The van der Waals surface area contributed by atoms with E-state index in [1.807, 2.05) is 38.1 Å². The molecule has 3 aromatic carbocycles. The number of ether oxygens (including phenoxy) is 2. The molecule has 0 saturated heterocycles. The highest BCUT2D eigenvalue weighted by Crippen LogP contribution is 2.25. The molecule has 0 aliphatic rings. The maximum atomic E-state index is 13.4. The van der Waals surface area contributed by atoms with E-state index in [4.69, 9.17) is 9.47 Å².